The molecule has 5 heterocycles. The highest BCUT2D eigenvalue weighted by Gasteiger charge is 2.21. The average Bonchev–Trinajstić information content (AvgIpc) is 3.24. The molecule has 2 aliphatic heterocycles. The van der Waals surface area contributed by atoms with Crippen molar-refractivity contribution in [3.63, 3.8) is 0 Å². The Kier molecular flexibility index (Phi) is 4.23. The normalized spacial score (nSPS) is 18.3. The molecule has 8 nitrogen and oxygen atoms in total. The third-order valence-corrected chi connectivity index (χ3v) is 5.52. The molecule has 8 heteroatoms. The van der Waals surface area contributed by atoms with Gasteiger partial charge in [0.15, 0.2) is 17.5 Å². The first kappa shape index (κ1) is 16.3. The van der Waals surface area contributed by atoms with Crippen molar-refractivity contribution in [3.05, 3.63) is 36.8 Å². The van der Waals surface area contributed by atoms with Crippen molar-refractivity contribution in [2.24, 2.45) is 0 Å². The number of nitrogens with zero attached hydrogens (tertiary/aromatic N) is 8. The number of hydrogen-bond donors (Lipinski definition) is 0. The first-order chi connectivity index (χ1) is 13.4. The van der Waals surface area contributed by atoms with Crippen LogP contribution in [0.3, 0.4) is 0 Å². The molecule has 0 atom stereocenters. The van der Waals surface area contributed by atoms with E-state index in [0.29, 0.717) is 0 Å². The largest absolute Gasteiger partial charge is 0.355 e. The van der Waals surface area contributed by atoms with Crippen LogP contribution in [0.5, 0.6) is 0 Å². The van der Waals surface area contributed by atoms with Crippen LogP contribution in [0.4, 0.5) is 17.5 Å². The van der Waals surface area contributed by atoms with Crippen molar-refractivity contribution in [2.75, 3.05) is 54.0 Å². The van der Waals surface area contributed by atoms with Crippen LogP contribution in [-0.2, 0) is 0 Å². The summed E-state index contributed by atoms with van der Waals surface area (Å²) in [6, 6.07) is 6.25. The maximum atomic E-state index is 4.58. The van der Waals surface area contributed by atoms with E-state index in [-0.39, 0.29) is 0 Å². The summed E-state index contributed by atoms with van der Waals surface area (Å²) >= 11 is 0. The predicted molar refractivity (Wildman–Crippen MR) is 106 cm³/mol. The van der Waals surface area contributed by atoms with E-state index in [9.17, 15) is 0 Å². The predicted octanol–water partition coefficient (Wildman–Crippen LogP) is 1.84. The molecule has 2 aliphatic rings. The topological polar surface area (TPSA) is 65.7 Å². The molecule has 140 valence electrons. The third-order valence-electron chi connectivity index (χ3n) is 5.52. The van der Waals surface area contributed by atoms with Crippen LogP contribution in [0.1, 0.15) is 19.3 Å². The van der Waals surface area contributed by atoms with Crippen LogP contribution in [-0.4, -0.2) is 64.1 Å². The quantitative estimate of drug-likeness (QED) is 0.702. The minimum Gasteiger partial charge on any atom is -0.355 e. The fourth-order valence-electron chi connectivity index (χ4n) is 4.01. The molecule has 2 fully saturated rings. The van der Waals surface area contributed by atoms with Crippen LogP contribution < -0.4 is 14.7 Å². The summed E-state index contributed by atoms with van der Waals surface area (Å²) in [6.07, 6.45) is 9.35. The lowest BCUT2D eigenvalue weighted by atomic mass is 10.1. The molecule has 0 amide bonds. The minimum absolute atomic E-state index is 0.910. The average molecular weight is 364 g/mol. The zero-order valence-electron chi connectivity index (χ0n) is 15.4. The van der Waals surface area contributed by atoms with Crippen LogP contribution in [0.25, 0.3) is 5.52 Å². The van der Waals surface area contributed by atoms with E-state index in [0.717, 1.165) is 62.2 Å². The summed E-state index contributed by atoms with van der Waals surface area (Å²) in [5.41, 5.74) is 1.05. The molecule has 5 rings (SSSR count). The molecule has 0 aliphatic carbocycles. The van der Waals surface area contributed by atoms with Gasteiger partial charge in [-0.05, 0) is 37.5 Å². The van der Waals surface area contributed by atoms with Gasteiger partial charge in [0, 0.05) is 51.7 Å². The van der Waals surface area contributed by atoms with E-state index in [2.05, 4.69) is 47.1 Å². The van der Waals surface area contributed by atoms with Gasteiger partial charge in [-0.1, -0.05) is 0 Å². The second-order valence-corrected chi connectivity index (χ2v) is 7.18. The van der Waals surface area contributed by atoms with Gasteiger partial charge in [0.1, 0.15) is 5.52 Å². The zero-order chi connectivity index (χ0) is 18.1. The van der Waals surface area contributed by atoms with Crippen LogP contribution in [0.2, 0.25) is 0 Å². The number of piperazine rings is 1. The maximum absolute atomic E-state index is 4.58. The van der Waals surface area contributed by atoms with Gasteiger partial charge in [-0.2, -0.15) is 5.10 Å². The molecule has 0 N–H and O–H groups in total. The second kappa shape index (κ2) is 7.02. The standard InChI is InChI=1S/C19H24N8/c1-2-9-24(10-3-1)17-4-5-18(23-22-17)25-12-14-26(15-13-25)19-16-6-7-21-27(16)11-8-20-19/h4-8,11H,1-3,9-10,12-15H2. The zero-order valence-corrected chi connectivity index (χ0v) is 15.4. The second-order valence-electron chi connectivity index (χ2n) is 7.18. The van der Waals surface area contributed by atoms with Crippen LogP contribution >= 0.6 is 0 Å². The number of aromatic nitrogens is 5. The minimum atomic E-state index is 0.910. The van der Waals surface area contributed by atoms with Gasteiger partial charge in [0.05, 0.1) is 6.20 Å². The van der Waals surface area contributed by atoms with Crippen molar-refractivity contribution >= 4 is 23.0 Å². The van der Waals surface area contributed by atoms with Crippen LogP contribution in [0, 0.1) is 0 Å². The Morgan fingerprint density at radius 2 is 1.33 bits per heavy atom. The summed E-state index contributed by atoms with van der Waals surface area (Å²) < 4.78 is 1.87. The molecular weight excluding hydrogens is 340 g/mol. The Bertz CT molecular complexity index is 891. The highest BCUT2D eigenvalue weighted by Crippen LogP contribution is 2.23. The fourth-order valence-corrected chi connectivity index (χ4v) is 4.01. The summed E-state index contributed by atoms with van der Waals surface area (Å²) in [5.74, 6) is 2.97. The molecule has 2 saturated heterocycles. The van der Waals surface area contributed by atoms with E-state index in [1.165, 1.54) is 19.3 Å². The molecule has 0 aromatic carbocycles. The number of fused-ring (bicyclic) bond motifs is 1. The number of piperidine rings is 1. The Morgan fingerprint density at radius 3 is 2.04 bits per heavy atom. The van der Waals surface area contributed by atoms with Gasteiger partial charge in [0.2, 0.25) is 0 Å². The van der Waals surface area contributed by atoms with E-state index >= 15 is 0 Å². The Balaban J connectivity index is 1.26. The van der Waals surface area contributed by atoms with Crippen molar-refractivity contribution in [3.8, 4) is 0 Å². The van der Waals surface area contributed by atoms with Gasteiger partial charge >= 0.3 is 0 Å². The smallest absolute Gasteiger partial charge is 0.154 e. The first-order valence-electron chi connectivity index (χ1n) is 9.75. The SMILES string of the molecule is c1cn2nccc2c(N2CCN(c3ccc(N4CCCCC4)nn3)CC2)n1. The van der Waals surface area contributed by atoms with E-state index < -0.39 is 0 Å². The molecular formula is C19H24N8. The van der Waals surface area contributed by atoms with Crippen molar-refractivity contribution in [1.82, 2.24) is 24.8 Å². The molecule has 27 heavy (non-hydrogen) atoms. The highest BCUT2D eigenvalue weighted by atomic mass is 15.4. The van der Waals surface area contributed by atoms with Gasteiger partial charge < -0.3 is 14.7 Å². The Labute approximate surface area is 158 Å². The van der Waals surface area contributed by atoms with Crippen LogP contribution in [0.15, 0.2) is 36.8 Å². The molecule has 0 saturated carbocycles. The molecule has 3 aromatic rings. The fraction of sp³-hybridized carbons (Fsp3) is 0.474. The lowest BCUT2D eigenvalue weighted by molar-refractivity contribution is 0.570. The van der Waals surface area contributed by atoms with Gasteiger partial charge in [-0.3, -0.25) is 0 Å². The lowest BCUT2D eigenvalue weighted by Crippen LogP contribution is -2.47. The molecule has 0 spiro atoms. The van der Waals surface area contributed by atoms with Crippen molar-refractivity contribution in [1.29, 1.82) is 0 Å². The monoisotopic (exact) mass is 364 g/mol. The lowest BCUT2D eigenvalue weighted by Gasteiger charge is -2.36. The molecule has 0 bridgehead atoms. The summed E-state index contributed by atoms with van der Waals surface area (Å²) in [6.45, 7) is 5.84. The van der Waals surface area contributed by atoms with E-state index in [1.54, 1.807) is 0 Å². The molecule has 0 unspecified atom stereocenters. The van der Waals surface area contributed by atoms with Gasteiger partial charge in [-0.15, -0.1) is 10.2 Å². The van der Waals surface area contributed by atoms with Crippen molar-refractivity contribution in [2.45, 2.75) is 19.3 Å². The highest BCUT2D eigenvalue weighted by molar-refractivity contribution is 5.68. The number of anilines is 3. The molecule has 0 radical (unpaired) electrons. The van der Waals surface area contributed by atoms with E-state index in [1.807, 2.05) is 29.2 Å². The Hall–Kier alpha value is -2.90. The maximum Gasteiger partial charge on any atom is 0.154 e. The third kappa shape index (κ3) is 3.15. The summed E-state index contributed by atoms with van der Waals surface area (Å²) in [7, 11) is 0. The number of hydrogen-bond acceptors (Lipinski definition) is 7. The number of rotatable bonds is 3. The Morgan fingerprint density at radius 1 is 0.667 bits per heavy atom. The van der Waals surface area contributed by atoms with E-state index in [4.69, 9.17) is 0 Å². The van der Waals surface area contributed by atoms with Crippen molar-refractivity contribution < 1.29 is 0 Å². The van der Waals surface area contributed by atoms with Gasteiger partial charge in [-0.25, -0.2) is 9.50 Å². The molecule has 3 aromatic heterocycles. The summed E-state index contributed by atoms with van der Waals surface area (Å²) in [5, 5.41) is 13.3. The van der Waals surface area contributed by atoms with Gasteiger partial charge in [0.25, 0.3) is 0 Å². The first-order valence-corrected chi connectivity index (χ1v) is 9.75. The summed E-state index contributed by atoms with van der Waals surface area (Å²) in [4.78, 5) is 11.5.